The van der Waals surface area contributed by atoms with Gasteiger partial charge in [0, 0.05) is 31.8 Å². The zero-order chi connectivity index (χ0) is 24.5. The molecule has 182 valence electrons. The maximum Gasteiger partial charge on any atom is 0.185 e. The molecule has 4 aromatic rings. The number of nitrogens with zero attached hydrogens (tertiary/aromatic N) is 4. The Kier molecular flexibility index (Phi) is 5.81. The molecule has 0 saturated heterocycles. The Labute approximate surface area is 201 Å². The van der Waals surface area contributed by atoms with Crippen LogP contribution in [0.1, 0.15) is 5.56 Å². The molecular formula is C24H25FN6O4. The third kappa shape index (κ3) is 4.27. The van der Waals surface area contributed by atoms with Crippen molar-refractivity contribution in [2.75, 3.05) is 50.4 Å². The number of halogens is 1. The first-order valence-corrected chi connectivity index (χ1v) is 10.9. The number of nitrogens with one attached hydrogen (secondary N) is 1. The van der Waals surface area contributed by atoms with Gasteiger partial charge in [0.15, 0.2) is 28.6 Å². The standard InChI is InChI=1S/C24H25FN6O4/c1-30(13-14-4-5-18(32-2)19(8-14)33-3)22-11-21(29-24-16(26)12-27-31(22)24)28-17-9-15(25)10-20-23(17)35-7-6-34-20/h4-5,8-12H,6-7,13,26H2,1-3H3,(H,28,29). The van der Waals surface area contributed by atoms with Gasteiger partial charge in [0.05, 0.1) is 31.8 Å². The highest BCUT2D eigenvalue weighted by Crippen LogP contribution is 2.40. The Hall–Kier alpha value is -4.41. The number of aromatic nitrogens is 3. The minimum absolute atomic E-state index is 0.342. The molecule has 35 heavy (non-hydrogen) atoms. The number of rotatable bonds is 7. The van der Waals surface area contributed by atoms with Crippen molar-refractivity contribution in [3.63, 3.8) is 0 Å². The van der Waals surface area contributed by atoms with E-state index in [1.165, 1.54) is 12.1 Å². The smallest absolute Gasteiger partial charge is 0.185 e. The fourth-order valence-corrected chi connectivity index (χ4v) is 3.98. The SMILES string of the molecule is COc1ccc(CN(C)c2cc(Nc3cc(F)cc4c3OCCO4)nc3c(N)cnn23)cc1OC. The average molecular weight is 481 g/mol. The van der Waals surface area contributed by atoms with Gasteiger partial charge >= 0.3 is 0 Å². The molecule has 0 bridgehead atoms. The van der Waals surface area contributed by atoms with E-state index in [9.17, 15) is 4.39 Å². The van der Waals surface area contributed by atoms with Crippen LogP contribution in [0.25, 0.3) is 5.65 Å². The fraction of sp³-hybridized carbons (Fsp3) is 0.250. The third-order valence-electron chi connectivity index (χ3n) is 5.61. The van der Waals surface area contributed by atoms with Crippen LogP contribution in [0.5, 0.6) is 23.0 Å². The maximum absolute atomic E-state index is 14.2. The van der Waals surface area contributed by atoms with Gasteiger partial charge in [0.2, 0.25) is 0 Å². The first kappa shape index (κ1) is 22.4. The van der Waals surface area contributed by atoms with E-state index in [1.807, 2.05) is 30.1 Å². The summed E-state index contributed by atoms with van der Waals surface area (Å²) in [6.45, 7) is 1.26. The van der Waals surface area contributed by atoms with Crippen molar-refractivity contribution in [3.8, 4) is 23.0 Å². The Morgan fingerprint density at radius 3 is 2.71 bits per heavy atom. The lowest BCUT2D eigenvalue weighted by Gasteiger charge is -2.23. The monoisotopic (exact) mass is 480 g/mol. The predicted molar refractivity (Wildman–Crippen MR) is 130 cm³/mol. The number of nitrogen functional groups attached to an aromatic ring is 1. The summed E-state index contributed by atoms with van der Waals surface area (Å²) in [6, 6.07) is 10.2. The van der Waals surface area contributed by atoms with Gasteiger partial charge in [-0.05, 0) is 17.7 Å². The highest BCUT2D eigenvalue weighted by molar-refractivity contribution is 5.74. The summed E-state index contributed by atoms with van der Waals surface area (Å²) in [5, 5.41) is 7.54. The zero-order valence-electron chi connectivity index (χ0n) is 19.5. The van der Waals surface area contributed by atoms with Crippen LogP contribution in [0.15, 0.2) is 42.6 Å². The quantitative estimate of drug-likeness (QED) is 0.410. The zero-order valence-corrected chi connectivity index (χ0v) is 19.5. The van der Waals surface area contributed by atoms with Crippen LogP contribution in [0.2, 0.25) is 0 Å². The summed E-state index contributed by atoms with van der Waals surface area (Å²) in [5.74, 6) is 2.78. The molecule has 0 aliphatic carbocycles. The number of fused-ring (bicyclic) bond motifs is 2. The lowest BCUT2D eigenvalue weighted by atomic mass is 10.2. The van der Waals surface area contributed by atoms with Crippen molar-refractivity contribution < 1.29 is 23.3 Å². The first-order valence-electron chi connectivity index (χ1n) is 10.9. The summed E-state index contributed by atoms with van der Waals surface area (Å²) in [4.78, 5) is 6.59. The highest BCUT2D eigenvalue weighted by Gasteiger charge is 2.20. The number of hydrogen-bond donors (Lipinski definition) is 2. The molecule has 0 unspecified atom stereocenters. The van der Waals surface area contributed by atoms with E-state index >= 15 is 0 Å². The molecule has 1 aliphatic heterocycles. The number of anilines is 4. The molecule has 10 nitrogen and oxygen atoms in total. The molecule has 2 aromatic carbocycles. The van der Waals surface area contributed by atoms with E-state index < -0.39 is 5.82 Å². The molecular weight excluding hydrogens is 455 g/mol. The van der Waals surface area contributed by atoms with Crippen LogP contribution in [-0.4, -0.2) is 49.1 Å². The Morgan fingerprint density at radius 1 is 1.11 bits per heavy atom. The molecule has 5 rings (SSSR count). The van der Waals surface area contributed by atoms with Crippen LogP contribution in [0.3, 0.4) is 0 Å². The molecule has 3 heterocycles. The molecule has 11 heteroatoms. The van der Waals surface area contributed by atoms with Crippen molar-refractivity contribution in [2.45, 2.75) is 6.54 Å². The normalized spacial score (nSPS) is 12.5. The van der Waals surface area contributed by atoms with Gasteiger partial charge in [-0.25, -0.2) is 9.37 Å². The predicted octanol–water partition coefficient (Wildman–Crippen LogP) is 3.62. The average Bonchev–Trinajstić information content (AvgIpc) is 3.23. The van der Waals surface area contributed by atoms with E-state index in [4.69, 9.17) is 24.7 Å². The van der Waals surface area contributed by atoms with Gasteiger partial charge in [-0.3, -0.25) is 0 Å². The molecule has 0 fully saturated rings. The Bertz CT molecular complexity index is 1390. The summed E-state index contributed by atoms with van der Waals surface area (Å²) in [7, 11) is 5.12. The largest absolute Gasteiger partial charge is 0.493 e. The van der Waals surface area contributed by atoms with Crippen molar-refractivity contribution in [1.82, 2.24) is 14.6 Å². The number of nitrogens with two attached hydrogens (primary N) is 1. The maximum atomic E-state index is 14.2. The van der Waals surface area contributed by atoms with Crippen LogP contribution < -0.4 is 34.9 Å². The topological polar surface area (TPSA) is 108 Å². The molecule has 0 saturated carbocycles. The van der Waals surface area contributed by atoms with Crippen LogP contribution in [0.4, 0.5) is 27.4 Å². The minimum Gasteiger partial charge on any atom is -0.493 e. The first-order chi connectivity index (χ1) is 17.0. The molecule has 0 radical (unpaired) electrons. The molecule has 0 amide bonds. The Balaban J connectivity index is 1.51. The van der Waals surface area contributed by atoms with Crippen LogP contribution in [0, 0.1) is 5.82 Å². The van der Waals surface area contributed by atoms with E-state index in [1.54, 1.807) is 31.0 Å². The van der Waals surface area contributed by atoms with Crippen LogP contribution >= 0.6 is 0 Å². The lowest BCUT2D eigenvalue weighted by molar-refractivity contribution is 0.172. The second-order valence-corrected chi connectivity index (χ2v) is 7.98. The number of ether oxygens (including phenoxy) is 4. The lowest BCUT2D eigenvalue weighted by Crippen LogP contribution is -2.20. The van der Waals surface area contributed by atoms with Gasteiger partial charge in [-0.1, -0.05) is 6.07 Å². The molecule has 1 aliphatic rings. The second kappa shape index (κ2) is 9.09. The molecule has 2 aromatic heterocycles. The number of benzene rings is 2. The van der Waals surface area contributed by atoms with E-state index in [-0.39, 0.29) is 0 Å². The van der Waals surface area contributed by atoms with E-state index in [0.29, 0.717) is 71.4 Å². The van der Waals surface area contributed by atoms with Crippen molar-refractivity contribution in [2.24, 2.45) is 0 Å². The molecule has 0 spiro atoms. The number of methoxy groups -OCH3 is 2. The van der Waals surface area contributed by atoms with Crippen molar-refractivity contribution >= 4 is 28.7 Å². The summed E-state index contributed by atoms with van der Waals surface area (Å²) in [6.07, 6.45) is 1.54. The van der Waals surface area contributed by atoms with Crippen LogP contribution in [-0.2, 0) is 6.54 Å². The van der Waals surface area contributed by atoms with Gasteiger partial charge in [-0.15, -0.1) is 0 Å². The van der Waals surface area contributed by atoms with Crippen molar-refractivity contribution in [3.05, 3.63) is 54.0 Å². The highest BCUT2D eigenvalue weighted by atomic mass is 19.1. The van der Waals surface area contributed by atoms with E-state index in [2.05, 4.69) is 15.4 Å². The summed E-state index contributed by atoms with van der Waals surface area (Å²) < 4.78 is 37.9. The fourth-order valence-electron chi connectivity index (χ4n) is 3.98. The van der Waals surface area contributed by atoms with E-state index in [0.717, 1.165) is 5.56 Å². The van der Waals surface area contributed by atoms with Gasteiger partial charge in [-0.2, -0.15) is 9.61 Å². The van der Waals surface area contributed by atoms with Crippen molar-refractivity contribution in [1.29, 1.82) is 0 Å². The van der Waals surface area contributed by atoms with Gasteiger partial charge in [0.25, 0.3) is 0 Å². The Morgan fingerprint density at radius 2 is 1.91 bits per heavy atom. The van der Waals surface area contributed by atoms with Gasteiger partial charge < -0.3 is 34.9 Å². The minimum atomic E-state index is -0.451. The molecule has 3 N–H and O–H groups in total. The summed E-state index contributed by atoms with van der Waals surface area (Å²) >= 11 is 0. The second-order valence-electron chi connectivity index (χ2n) is 7.98. The van der Waals surface area contributed by atoms with Gasteiger partial charge in [0.1, 0.15) is 30.7 Å². The summed E-state index contributed by atoms with van der Waals surface area (Å²) in [5.41, 5.74) is 8.41. The number of hydrogen-bond acceptors (Lipinski definition) is 9. The third-order valence-corrected chi connectivity index (χ3v) is 5.61. The molecule has 0 atom stereocenters.